The molecule has 1 unspecified atom stereocenters. The van der Waals surface area contributed by atoms with Gasteiger partial charge in [0.2, 0.25) is 0 Å². The van der Waals surface area contributed by atoms with E-state index in [1.807, 2.05) is 22.9 Å². The molecule has 0 radical (unpaired) electrons. The smallest absolute Gasteiger partial charge is 0.191 e. The third-order valence-electron chi connectivity index (χ3n) is 4.67. The van der Waals surface area contributed by atoms with E-state index >= 15 is 0 Å². The van der Waals surface area contributed by atoms with Crippen molar-refractivity contribution in [2.24, 2.45) is 4.99 Å². The summed E-state index contributed by atoms with van der Waals surface area (Å²) in [6.07, 6.45) is 1.84. The Hall–Kier alpha value is -2.81. The second-order valence-electron chi connectivity index (χ2n) is 6.52. The van der Waals surface area contributed by atoms with Crippen LogP contribution in [0.25, 0.3) is 0 Å². The number of fused-ring (bicyclic) bond motifs is 1. The van der Waals surface area contributed by atoms with Crippen LogP contribution in [0.1, 0.15) is 23.6 Å². The lowest BCUT2D eigenvalue weighted by molar-refractivity contribution is 0.177. The zero-order chi connectivity index (χ0) is 19.9. The van der Waals surface area contributed by atoms with E-state index in [1.54, 1.807) is 28.4 Å². The average Bonchev–Trinajstić information content (AvgIpc) is 3.12. The maximum Gasteiger partial charge on any atom is 0.191 e. The molecular weight excluding hydrogens is 360 g/mol. The van der Waals surface area contributed by atoms with Crippen LogP contribution in [-0.4, -0.2) is 55.1 Å². The molecular formula is C19H28N6O3. The number of benzene rings is 1. The number of aryl methyl sites for hydroxylation is 1. The average molecular weight is 388 g/mol. The van der Waals surface area contributed by atoms with E-state index in [0.717, 1.165) is 48.3 Å². The summed E-state index contributed by atoms with van der Waals surface area (Å²) in [6.45, 7) is 1.75. The van der Waals surface area contributed by atoms with Gasteiger partial charge >= 0.3 is 0 Å². The van der Waals surface area contributed by atoms with Crippen LogP contribution in [0.2, 0.25) is 0 Å². The first-order valence-electron chi connectivity index (χ1n) is 9.27. The molecule has 28 heavy (non-hydrogen) atoms. The van der Waals surface area contributed by atoms with Gasteiger partial charge in [-0.2, -0.15) is 5.10 Å². The standard InChI is InChI=1S/C19H28N6O3/c1-20-19(21-10-13-6-5-7-15(27-3)18(13)28-4)22-14-8-9-17-23-16(12-26-2)24-25(17)11-14/h5-7,14H,8-12H2,1-4H3,(H2,20,21,22). The molecule has 2 heterocycles. The third kappa shape index (κ3) is 4.53. The summed E-state index contributed by atoms with van der Waals surface area (Å²) in [4.78, 5) is 8.86. The van der Waals surface area contributed by atoms with Gasteiger partial charge < -0.3 is 24.8 Å². The van der Waals surface area contributed by atoms with Crippen molar-refractivity contribution in [1.29, 1.82) is 0 Å². The number of rotatable bonds is 7. The summed E-state index contributed by atoms with van der Waals surface area (Å²) in [7, 11) is 6.69. The fourth-order valence-electron chi connectivity index (χ4n) is 3.33. The van der Waals surface area contributed by atoms with Gasteiger partial charge in [0.15, 0.2) is 23.3 Å². The van der Waals surface area contributed by atoms with Gasteiger partial charge in [-0.3, -0.25) is 4.99 Å². The van der Waals surface area contributed by atoms with Gasteiger partial charge in [-0.05, 0) is 12.5 Å². The minimum atomic E-state index is 0.225. The lowest BCUT2D eigenvalue weighted by Crippen LogP contribution is -2.46. The summed E-state index contributed by atoms with van der Waals surface area (Å²) in [6, 6.07) is 6.05. The number of hydrogen-bond acceptors (Lipinski definition) is 6. The zero-order valence-corrected chi connectivity index (χ0v) is 16.9. The highest BCUT2D eigenvalue weighted by atomic mass is 16.5. The summed E-state index contributed by atoms with van der Waals surface area (Å²) >= 11 is 0. The number of ether oxygens (including phenoxy) is 3. The van der Waals surface area contributed by atoms with Crippen molar-refractivity contribution in [3.8, 4) is 11.5 Å². The fourth-order valence-corrected chi connectivity index (χ4v) is 3.33. The number of para-hydroxylation sites is 1. The molecule has 1 aliphatic rings. The second-order valence-corrected chi connectivity index (χ2v) is 6.52. The van der Waals surface area contributed by atoms with Crippen LogP contribution in [0.3, 0.4) is 0 Å². The summed E-state index contributed by atoms with van der Waals surface area (Å²) < 4.78 is 17.9. The predicted octanol–water partition coefficient (Wildman–Crippen LogP) is 1.12. The van der Waals surface area contributed by atoms with Crippen LogP contribution in [0.4, 0.5) is 0 Å². The van der Waals surface area contributed by atoms with Gasteiger partial charge in [0.1, 0.15) is 12.4 Å². The minimum Gasteiger partial charge on any atom is -0.493 e. The largest absolute Gasteiger partial charge is 0.493 e. The molecule has 0 spiro atoms. The summed E-state index contributed by atoms with van der Waals surface area (Å²) in [5.74, 6) is 3.90. The molecule has 0 bridgehead atoms. The van der Waals surface area contributed by atoms with Crippen LogP contribution in [0, 0.1) is 0 Å². The highest BCUT2D eigenvalue weighted by molar-refractivity contribution is 5.80. The Morgan fingerprint density at radius 3 is 2.86 bits per heavy atom. The van der Waals surface area contributed by atoms with E-state index in [9.17, 15) is 0 Å². The summed E-state index contributed by atoms with van der Waals surface area (Å²) in [5, 5.41) is 11.3. The Morgan fingerprint density at radius 2 is 2.14 bits per heavy atom. The SMILES string of the molecule is CN=C(NCc1cccc(OC)c1OC)NC1CCc2nc(COC)nn2C1. The zero-order valence-electron chi connectivity index (χ0n) is 16.9. The molecule has 0 saturated carbocycles. The maximum atomic E-state index is 5.49. The lowest BCUT2D eigenvalue weighted by Gasteiger charge is -2.25. The molecule has 1 aliphatic heterocycles. The van der Waals surface area contributed by atoms with Crippen molar-refractivity contribution < 1.29 is 14.2 Å². The molecule has 9 heteroatoms. The summed E-state index contributed by atoms with van der Waals surface area (Å²) in [5.41, 5.74) is 0.996. The van der Waals surface area contributed by atoms with Gasteiger partial charge in [0, 0.05) is 38.7 Å². The number of nitrogens with zero attached hydrogens (tertiary/aromatic N) is 4. The number of aromatic nitrogens is 3. The van der Waals surface area contributed by atoms with E-state index in [2.05, 4.69) is 25.7 Å². The Balaban J connectivity index is 1.60. The van der Waals surface area contributed by atoms with Crippen molar-refractivity contribution in [3.05, 3.63) is 35.4 Å². The number of guanidine groups is 1. The number of aliphatic imine (C=N–C) groups is 1. The molecule has 1 aromatic heterocycles. The number of nitrogens with one attached hydrogen (secondary N) is 2. The molecule has 0 fully saturated rings. The van der Waals surface area contributed by atoms with Crippen molar-refractivity contribution in [2.45, 2.75) is 38.6 Å². The van der Waals surface area contributed by atoms with Crippen molar-refractivity contribution in [1.82, 2.24) is 25.4 Å². The van der Waals surface area contributed by atoms with Gasteiger partial charge in [0.25, 0.3) is 0 Å². The van der Waals surface area contributed by atoms with Crippen LogP contribution in [0.5, 0.6) is 11.5 Å². The van der Waals surface area contributed by atoms with Crippen LogP contribution < -0.4 is 20.1 Å². The highest BCUT2D eigenvalue weighted by Gasteiger charge is 2.22. The molecule has 3 rings (SSSR count). The Morgan fingerprint density at radius 1 is 1.29 bits per heavy atom. The lowest BCUT2D eigenvalue weighted by atomic mass is 10.1. The van der Waals surface area contributed by atoms with Crippen molar-refractivity contribution in [2.75, 3.05) is 28.4 Å². The molecule has 0 aliphatic carbocycles. The molecule has 0 amide bonds. The molecule has 0 saturated heterocycles. The monoisotopic (exact) mass is 388 g/mol. The van der Waals surface area contributed by atoms with E-state index in [1.165, 1.54) is 0 Å². The quantitative estimate of drug-likeness (QED) is 0.542. The fraction of sp³-hybridized carbons (Fsp3) is 0.526. The van der Waals surface area contributed by atoms with Gasteiger partial charge in [0.05, 0.1) is 20.8 Å². The van der Waals surface area contributed by atoms with Gasteiger partial charge in [-0.15, -0.1) is 0 Å². The van der Waals surface area contributed by atoms with E-state index < -0.39 is 0 Å². The van der Waals surface area contributed by atoms with E-state index in [0.29, 0.717) is 18.9 Å². The Labute approximate surface area is 165 Å². The topological polar surface area (TPSA) is 94.8 Å². The molecule has 9 nitrogen and oxygen atoms in total. The normalized spacial score (nSPS) is 16.4. The predicted molar refractivity (Wildman–Crippen MR) is 106 cm³/mol. The second kappa shape index (κ2) is 9.41. The third-order valence-corrected chi connectivity index (χ3v) is 4.67. The first kappa shape index (κ1) is 19.9. The molecule has 152 valence electrons. The number of hydrogen-bond donors (Lipinski definition) is 2. The first-order valence-corrected chi connectivity index (χ1v) is 9.27. The van der Waals surface area contributed by atoms with Crippen molar-refractivity contribution in [3.63, 3.8) is 0 Å². The van der Waals surface area contributed by atoms with E-state index in [4.69, 9.17) is 14.2 Å². The first-order chi connectivity index (χ1) is 13.7. The minimum absolute atomic E-state index is 0.225. The molecule has 2 N–H and O–H groups in total. The number of methoxy groups -OCH3 is 3. The molecule has 1 aromatic carbocycles. The van der Waals surface area contributed by atoms with Gasteiger partial charge in [-0.1, -0.05) is 12.1 Å². The van der Waals surface area contributed by atoms with E-state index in [-0.39, 0.29) is 6.04 Å². The Kier molecular flexibility index (Phi) is 6.70. The Bertz CT molecular complexity index is 820. The van der Waals surface area contributed by atoms with Crippen LogP contribution in [0.15, 0.2) is 23.2 Å². The molecule has 2 aromatic rings. The maximum absolute atomic E-state index is 5.49. The van der Waals surface area contributed by atoms with Crippen LogP contribution in [-0.2, 0) is 30.9 Å². The highest BCUT2D eigenvalue weighted by Crippen LogP contribution is 2.30. The van der Waals surface area contributed by atoms with Crippen molar-refractivity contribution >= 4 is 5.96 Å². The van der Waals surface area contributed by atoms with Crippen LogP contribution >= 0.6 is 0 Å². The molecule has 1 atom stereocenters. The van der Waals surface area contributed by atoms with Gasteiger partial charge in [-0.25, -0.2) is 9.67 Å².